The molecule has 0 saturated carbocycles. The van der Waals surface area contributed by atoms with Crippen molar-refractivity contribution < 1.29 is 9.59 Å². The monoisotopic (exact) mass is 278 g/mol. The SMILES string of the molecule is CN(C)CC(C)(C)CNC(=O)C(=O)Nc1cccnc1. The van der Waals surface area contributed by atoms with Crippen molar-refractivity contribution in [3.8, 4) is 0 Å². The fraction of sp³-hybridized carbons (Fsp3) is 0.500. The van der Waals surface area contributed by atoms with Crippen molar-refractivity contribution in [3.05, 3.63) is 24.5 Å². The molecule has 0 aliphatic heterocycles. The van der Waals surface area contributed by atoms with Crippen LogP contribution in [0.15, 0.2) is 24.5 Å². The Labute approximate surface area is 119 Å². The van der Waals surface area contributed by atoms with Crippen molar-refractivity contribution in [3.63, 3.8) is 0 Å². The van der Waals surface area contributed by atoms with Crippen LogP contribution in [0, 0.1) is 5.41 Å². The van der Waals surface area contributed by atoms with Crippen LogP contribution in [0.2, 0.25) is 0 Å². The summed E-state index contributed by atoms with van der Waals surface area (Å²) >= 11 is 0. The number of nitrogens with zero attached hydrogens (tertiary/aromatic N) is 2. The van der Waals surface area contributed by atoms with Gasteiger partial charge in [0.25, 0.3) is 0 Å². The number of amides is 2. The number of hydrogen-bond acceptors (Lipinski definition) is 4. The lowest BCUT2D eigenvalue weighted by Crippen LogP contribution is -2.43. The van der Waals surface area contributed by atoms with Crippen molar-refractivity contribution in [2.75, 3.05) is 32.5 Å². The van der Waals surface area contributed by atoms with Crippen LogP contribution in [0.25, 0.3) is 0 Å². The number of rotatable bonds is 5. The lowest BCUT2D eigenvalue weighted by atomic mass is 9.93. The molecule has 0 atom stereocenters. The Hall–Kier alpha value is -1.95. The van der Waals surface area contributed by atoms with Gasteiger partial charge in [0.15, 0.2) is 0 Å². The molecule has 0 aromatic carbocycles. The van der Waals surface area contributed by atoms with E-state index < -0.39 is 11.8 Å². The third-order valence-electron chi connectivity index (χ3n) is 2.60. The summed E-state index contributed by atoms with van der Waals surface area (Å²) in [5, 5.41) is 5.15. The fourth-order valence-electron chi connectivity index (χ4n) is 1.94. The topological polar surface area (TPSA) is 74.3 Å². The highest BCUT2D eigenvalue weighted by Gasteiger charge is 2.22. The van der Waals surface area contributed by atoms with Crippen LogP contribution in [-0.2, 0) is 9.59 Å². The second-order valence-corrected chi connectivity index (χ2v) is 5.78. The van der Waals surface area contributed by atoms with E-state index in [4.69, 9.17) is 0 Å². The molecule has 2 amide bonds. The van der Waals surface area contributed by atoms with Gasteiger partial charge in [-0.25, -0.2) is 0 Å². The first kappa shape index (κ1) is 16.1. The van der Waals surface area contributed by atoms with Crippen molar-refractivity contribution in [1.29, 1.82) is 0 Å². The van der Waals surface area contributed by atoms with Crippen LogP contribution in [0.5, 0.6) is 0 Å². The number of pyridine rings is 1. The summed E-state index contributed by atoms with van der Waals surface area (Å²) in [6.07, 6.45) is 3.08. The highest BCUT2D eigenvalue weighted by molar-refractivity contribution is 6.39. The number of aromatic nitrogens is 1. The summed E-state index contributed by atoms with van der Waals surface area (Å²) < 4.78 is 0. The van der Waals surface area contributed by atoms with E-state index in [1.54, 1.807) is 18.3 Å². The standard InChI is InChI=1S/C14H22N4O2/c1-14(2,10-18(3)4)9-16-12(19)13(20)17-11-6-5-7-15-8-11/h5-8H,9-10H2,1-4H3,(H,16,19)(H,17,20). The molecule has 1 aromatic rings. The zero-order chi connectivity index (χ0) is 15.2. The molecule has 0 spiro atoms. The van der Waals surface area contributed by atoms with Gasteiger partial charge in [0.1, 0.15) is 0 Å². The maximum absolute atomic E-state index is 11.7. The quantitative estimate of drug-likeness (QED) is 0.779. The first-order valence-corrected chi connectivity index (χ1v) is 6.44. The Morgan fingerprint density at radius 2 is 2.00 bits per heavy atom. The molecule has 0 aliphatic carbocycles. The van der Waals surface area contributed by atoms with E-state index in [1.807, 2.05) is 32.8 Å². The van der Waals surface area contributed by atoms with Gasteiger partial charge >= 0.3 is 11.8 Å². The molecule has 1 rings (SSSR count). The summed E-state index contributed by atoms with van der Waals surface area (Å²) in [6.45, 7) is 5.32. The molecule has 110 valence electrons. The highest BCUT2D eigenvalue weighted by atomic mass is 16.2. The Kier molecular flexibility index (Phi) is 5.64. The predicted octanol–water partition coefficient (Wildman–Crippen LogP) is 0.724. The first-order chi connectivity index (χ1) is 9.30. The van der Waals surface area contributed by atoms with E-state index in [9.17, 15) is 9.59 Å². The second kappa shape index (κ2) is 7.00. The minimum Gasteiger partial charge on any atom is -0.347 e. The van der Waals surface area contributed by atoms with E-state index >= 15 is 0 Å². The largest absolute Gasteiger partial charge is 0.347 e. The van der Waals surface area contributed by atoms with E-state index in [0.717, 1.165) is 6.54 Å². The number of nitrogens with one attached hydrogen (secondary N) is 2. The van der Waals surface area contributed by atoms with E-state index in [-0.39, 0.29) is 5.41 Å². The van der Waals surface area contributed by atoms with E-state index in [2.05, 4.69) is 15.6 Å². The third kappa shape index (κ3) is 5.79. The van der Waals surface area contributed by atoms with Gasteiger partial charge in [0.2, 0.25) is 0 Å². The Bertz CT molecular complexity index is 458. The van der Waals surface area contributed by atoms with Crippen molar-refractivity contribution >= 4 is 17.5 Å². The maximum Gasteiger partial charge on any atom is 0.313 e. The van der Waals surface area contributed by atoms with Crippen molar-refractivity contribution in [2.45, 2.75) is 13.8 Å². The van der Waals surface area contributed by atoms with Crippen LogP contribution >= 0.6 is 0 Å². The summed E-state index contributed by atoms with van der Waals surface area (Å²) in [7, 11) is 3.94. The van der Waals surface area contributed by atoms with Gasteiger partial charge in [-0.05, 0) is 31.6 Å². The van der Waals surface area contributed by atoms with Crippen LogP contribution < -0.4 is 10.6 Å². The Morgan fingerprint density at radius 3 is 2.55 bits per heavy atom. The van der Waals surface area contributed by atoms with Gasteiger partial charge in [-0.3, -0.25) is 14.6 Å². The molecular formula is C14H22N4O2. The number of carbonyl (C=O) groups excluding carboxylic acids is 2. The normalized spacial score (nSPS) is 11.2. The molecular weight excluding hydrogens is 256 g/mol. The minimum atomic E-state index is -0.682. The Balaban J connectivity index is 2.45. The summed E-state index contributed by atoms with van der Waals surface area (Å²) in [6, 6.07) is 3.36. The van der Waals surface area contributed by atoms with Crippen LogP contribution in [-0.4, -0.2) is 48.9 Å². The predicted molar refractivity (Wildman–Crippen MR) is 78.2 cm³/mol. The van der Waals surface area contributed by atoms with E-state index in [0.29, 0.717) is 12.2 Å². The molecule has 0 radical (unpaired) electrons. The fourth-order valence-corrected chi connectivity index (χ4v) is 1.94. The summed E-state index contributed by atoms with van der Waals surface area (Å²) in [5.74, 6) is -1.32. The number of hydrogen-bond donors (Lipinski definition) is 2. The van der Waals surface area contributed by atoms with Crippen molar-refractivity contribution in [2.24, 2.45) is 5.41 Å². The number of carbonyl (C=O) groups is 2. The molecule has 1 aromatic heterocycles. The average molecular weight is 278 g/mol. The van der Waals surface area contributed by atoms with Gasteiger partial charge in [0.05, 0.1) is 11.9 Å². The van der Waals surface area contributed by atoms with Crippen LogP contribution in [0.4, 0.5) is 5.69 Å². The van der Waals surface area contributed by atoms with Gasteiger partial charge in [0, 0.05) is 19.3 Å². The highest BCUT2D eigenvalue weighted by Crippen LogP contribution is 2.14. The van der Waals surface area contributed by atoms with Gasteiger partial charge in [-0.15, -0.1) is 0 Å². The lowest BCUT2D eigenvalue weighted by molar-refractivity contribution is -0.136. The molecule has 20 heavy (non-hydrogen) atoms. The lowest BCUT2D eigenvalue weighted by Gasteiger charge is -2.28. The van der Waals surface area contributed by atoms with Gasteiger partial charge in [-0.1, -0.05) is 13.8 Å². The van der Waals surface area contributed by atoms with E-state index in [1.165, 1.54) is 6.20 Å². The molecule has 0 fully saturated rings. The molecule has 2 N–H and O–H groups in total. The third-order valence-corrected chi connectivity index (χ3v) is 2.60. The molecule has 6 nitrogen and oxygen atoms in total. The molecule has 0 saturated heterocycles. The molecule has 6 heteroatoms. The Morgan fingerprint density at radius 1 is 1.30 bits per heavy atom. The second-order valence-electron chi connectivity index (χ2n) is 5.78. The van der Waals surface area contributed by atoms with Crippen LogP contribution in [0.3, 0.4) is 0 Å². The van der Waals surface area contributed by atoms with Crippen molar-refractivity contribution in [1.82, 2.24) is 15.2 Å². The number of anilines is 1. The van der Waals surface area contributed by atoms with Crippen LogP contribution in [0.1, 0.15) is 13.8 Å². The average Bonchev–Trinajstić information content (AvgIpc) is 2.35. The first-order valence-electron chi connectivity index (χ1n) is 6.44. The molecule has 0 unspecified atom stereocenters. The molecule has 1 heterocycles. The minimum absolute atomic E-state index is 0.103. The zero-order valence-electron chi connectivity index (χ0n) is 12.4. The van der Waals surface area contributed by atoms with Gasteiger partial charge in [-0.2, -0.15) is 0 Å². The smallest absolute Gasteiger partial charge is 0.313 e. The summed E-state index contributed by atoms with van der Waals surface area (Å²) in [5.41, 5.74) is 0.397. The summed E-state index contributed by atoms with van der Waals surface area (Å²) in [4.78, 5) is 29.3. The maximum atomic E-state index is 11.7. The zero-order valence-corrected chi connectivity index (χ0v) is 12.4. The molecule has 0 aliphatic rings. The van der Waals surface area contributed by atoms with Gasteiger partial charge < -0.3 is 15.5 Å². The molecule has 0 bridgehead atoms.